The van der Waals surface area contributed by atoms with Crippen molar-refractivity contribution in [2.24, 2.45) is 0 Å². The lowest BCUT2D eigenvalue weighted by Gasteiger charge is -2.11. The third-order valence-electron chi connectivity index (χ3n) is 3.66. The molecule has 0 aliphatic carbocycles. The van der Waals surface area contributed by atoms with E-state index in [1.165, 1.54) is 11.1 Å². The van der Waals surface area contributed by atoms with E-state index in [2.05, 4.69) is 19.9 Å². The van der Waals surface area contributed by atoms with E-state index < -0.39 is 0 Å². The molecule has 0 aromatic heterocycles. The first-order chi connectivity index (χ1) is 10.7. The average molecular weight is 300 g/mol. The topological polar surface area (TPSA) is 27.7 Å². The SMILES string of the molecule is COc1cccc(OCCCCOc2cccc(C)c2C)c1. The maximum Gasteiger partial charge on any atom is 0.122 e. The van der Waals surface area contributed by atoms with Gasteiger partial charge >= 0.3 is 0 Å². The van der Waals surface area contributed by atoms with Crippen LogP contribution in [0.25, 0.3) is 0 Å². The van der Waals surface area contributed by atoms with Crippen molar-refractivity contribution in [2.45, 2.75) is 26.7 Å². The van der Waals surface area contributed by atoms with Gasteiger partial charge in [0.25, 0.3) is 0 Å². The van der Waals surface area contributed by atoms with E-state index in [1.54, 1.807) is 7.11 Å². The Kier molecular flexibility index (Phi) is 6.13. The number of ether oxygens (including phenoxy) is 3. The number of rotatable bonds is 8. The van der Waals surface area contributed by atoms with Crippen LogP contribution in [0.3, 0.4) is 0 Å². The number of hydrogen-bond acceptors (Lipinski definition) is 3. The fourth-order valence-electron chi connectivity index (χ4n) is 2.15. The molecule has 0 radical (unpaired) electrons. The molecule has 0 saturated heterocycles. The molecular formula is C19H24O3. The summed E-state index contributed by atoms with van der Waals surface area (Å²) in [4.78, 5) is 0. The summed E-state index contributed by atoms with van der Waals surface area (Å²) in [6, 6.07) is 13.8. The number of hydrogen-bond donors (Lipinski definition) is 0. The first kappa shape index (κ1) is 16.2. The van der Waals surface area contributed by atoms with Crippen LogP contribution >= 0.6 is 0 Å². The van der Waals surface area contributed by atoms with Gasteiger partial charge in [0, 0.05) is 6.07 Å². The second kappa shape index (κ2) is 8.32. The Balaban J connectivity index is 1.66. The molecule has 2 aromatic carbocycles. The zero-order valence-electron chi connectivity index (χ0n) is 13.6. The number of benzene rings is 2. The summed E-state index contributed by atoms with van der Waals surface area (Å²) in [6.07, 6.45) is 1.93. The van der Waals surface area contributed by atoms with E-state index in [1.807, 2.05) is 36.4 Å². The highest BCUT2D eigenvalue weighted by Crippen LogP contribution is 2.21. The molecule has 2 rings (SSSR count). The molecule has 3 heteroatoms. The highest BCUT2D eigenvalue weighted by molar-refractivity contribution is 5.38. The van der Waals surface area contributed by atoms with Crippen molar-refractivity contribution < 1.29 is 14.2 Å². The van der Waals surface area contributed by atoms with Crippen molar-refractivity contribution in [1.82, 2.24) is 0 Å². The molecule has 0 N–H and O–H groups in total. The zero-order valence-corrected chi connectivity index (χ0v) is 13.6. The molecule has 0 bridgehead atoms. The van der Waals surface area contributed by atoms with Crippen LogP contribution in [0, 0.1) is 13.8 Å². The highest BCUT2D eigenvalue weighted by Gasteiger charge is 2.01. The fraction of sp³-hybridized carbons (Fsp3) is 0.368. The smallest absolute Gasteiger partial charge is 0.122 e. The Labute approximate surface area is 132 Å². The summed E-state index contributed by atoms with van der Waals surface area (Å²) in [5.41, 5.74) is 2.48. The van der Waals surface area contributed by atoms with Gasteiger partial charge in [-0.2, -0.15) is 0 Å². The maximum absolute atomic E-state index is 5.83. The monoisotopic (exact) mass is 300 g/mol. The molecule has 0 fully saturated rings. The van der Waals surface area contributed by atoms with Crippen molar-refractivity contribution >= 4 is 0 Å². The predicted octanol–water partition coefficient (Wildman–Crippen LogP) is 4.55. The van der Waals surface area contributed by atoms with Crippen LogP contribution < -0.4 is 14.2 Å². The third kappa shape index (κ3) is 4.69. The van der Waals surface area contributed by atoms with E-state index in [4.69, 9.17) is 14.2 Å². The van der Waals surface area contributed by atoms with Crippen LogP contribution in [0.2, 0.25) is 0 Å². The minimum Gasteiger partial charge on any atom is -0.497 e. The molecule has 0 saturated carbocycles. The minimum atomic E-state index is 0.684. The van der Waals surface area contributed by atoms with Gasteiger partial charge in [-0.25, -0.2) is 0 Å². The standard InChI is InChI=1S/C19H24O3/c1-15-8-6-11-19(16(15)2)22-13-5-4-12-21-18-10-7-9-17(14-18)20-3/h6-11,14H,4-5,12-13H2,1-3H3. The fourth-order valence-corrected chi connectivity index (χ4v) is 2.15. The van der Waals surface area contributed by atoms with Gasteiger partial charge in [-0.1, -0.05) is 18.2 Å². The van der Waals surface area contributed by atoms with Crippen molar-refractivity contribution in [3.05, 3.63) is 53.6 Å². The molecule has 0 heterocycles. The lowest BCUT2D eigenvalue weighted by atomic mass is 10.1. The van der Waals surface area contributed by atoms with Crippen LogP contribution in [0.4, 0.5) is 0 Å². The average Bonchev–Trinajstić information content (AvgIpc) is 2.54. The van der Waals surface area contributed by atoms with Gasteiger partial charge in [0.05, 0.1) is 20.3 Å². The molecular weight excluding hydrogens is 276 g/mol. The molecule has 22 heavy (non-hydrogen) atoms. The Morgan fingerprint density at radius 3 is 2.27 bits per heavy atom. The first-order valence-electron chi connectivity index (χ1n) is 7.66. The Morgan fingerprint density at radius 2 is 1.50 bits per heavy atom. The number of unbranched alkanes of at least 4 members (excludes halogenated alkanes) is 1. The molecule has 3 nitrogen and oxygen atoms in total. The highest BCUT2D eigenvalue weighted by atomic mass is 16.5. The third-order valence-corrected chi connectivity index (χ3v) is 3.66. The largest absolute Gasteiger partial charge is 0.497 e. The van der Waals surface area contributed by atoms with Crippen molar-refractivity contribution in [2.75, 3.05) is 20.3 Å². The van der Waals surface area contributed by atoms with Gasteiger partial charge in [0.2, 0.25) is 0 Å². The molecule has 2 aromatic rings. The summed E-state index contributed by atoms with van der Waals surface area (Å²) in [5, 5.41) is 0. The van der Waals surface area contributed by atoms with Gasteiger partial charge in [-0.3, -0.25) is 0 Å². The van der Waals surface area contributed by atoms with Crippen LogP contribution in [0.1, 0.15) is 24.0 Å². The van der Waals surface area contributed by atoms with Gasteiger partial charge < -0.3 is 14.2 Å². The number of methoxy groups -OCH3 is 1. The summed E-state index contributed by atoms with van der Waals surface area (Å²) in [7, 11) is 1.66. The second-order valence-corrected chi connectivity index (χ2v) is 5.28. The normalized spacial score (nSPS) is 10.3. The van der Waals surface area contributed by atoms with Crippen molar-refractivity contribution in [1.29, 1.82) is 0 Å². The lowest BCUT2D eigenvalue weighted by molar-refractivity contribution is 0.265. The molecule has 0 amide bonds. The molecule has 0 atom stereocenters. The summed E-state index contributed by atoms with van der Waals surface area (Å²) < 4.78 is 16.7. The minimum absolute atomic E-state index is 0.684. The summed E-state index contributed by atoms with van der Waals surface area (Å²) in [6.45, 7) is 5.59. The van der Waals surface area contributed by atoms with Gasteiger partial charge in [-0.05, 0) is 56.0 Å². The Hall–Kier alpha value is -2.16. The number of aryl methyl sites for hydroxylation is 1. The van der Waals surface area contributed by atoms with Crippen molar-refractivity contribution in [3.63, 3.8) is 0 Å². The molecule has 0 aliphatic heterocycles. The van der Waals surface area contributed by atoms with E-state index in [-0.39, 0.29) is 0 Å². The molecule has 0 unspecified atom stereocenters. The molecule has 0 spiro atoms. The molecule has 0 aliphatic rings. The first-order valence-corrected chi connectivity index (χ1v) is 7.66. The Morgan fingerprint density at radius 1 is 0.818 bits per heavy atom. The quantitative estimate of drug-likeness (QED) is 0.669. The molecule has 118 valence electrons. The summed E-state index contributed by atoms with van der Waals surface area (Å²) in [5.74, 6) is 2.64. The van der Waals surface area contributed by atoms with Crippen LogP contribution in [-0.2, 0) is 0 Å². The van der Waals surface area contributed by atoms with Crippen LogP contribution in [-0.4, -0.2) is 20.3 Å². The van der Waals surface area contributed by atoms with E-state index >= 15 is 0 Å². The van der Waals surface area contributed by atoms with E-state index in [0.29, 0.717) is 13.2 Å². The van der Waals surface area contributed by atoms with Gasteiger partial charge in [0.1, 0.15) is 17.2 Å². The van der Waals surface area contributed by atoms with E-state index in [0.717, 1.165) is 30.1 Å². The second-order valence-electron chi connectivity index (χ2n) is 5.28. The zero-order chi connectivity index (χ0) is 15.8. The van der Waals surface area contributed by atoms with E-state index in [9.17, 15) is 0 Å². The van der Waals surface area contributed by atoms with Crippen LogP contribution in [0.5, 0.6) is 17.2 Å². The van der Waals surface area contributed by atoms with Gasteiger partial charge in [-0.15, -0.1) is 0 Å². The lowest BCUT2D eigenvalue weighted by Crippen LogP contribution is -2.03. The van der Waals surface area contributed by atoms with Crippen molar-refractivity contribution in [3.8, 4) is 17.2 Å². The van der Waals surface area contributed by atoms with Gasteiger partial charge in [0.15, 0.2) is 0 Å². The Bertz CT molecular complexity index is 593. The van der Waals surface area contributed by atoms with Crippen LogP contribution in [0.15, 0.2) is 42.5 Å². The summed E-state index contributed by atoms with van der Waals surface area (Å²) >= 11 is 0. The maximum atomic E-state index is 5.83. The predicted molar refractivity (Wildman–Crippen MR) is 89.1 cm³/mol.